The maximum atomic E-state index is 5.51. The SMILES string of the molecule is CN=C(NCC(C)N1CCOCC1C)NC(C)c1ccccc1.I. The molecule has 1 aromatic rings. The molecule has 0 aliphatic carbocycles. The van der Waals surface area contributed by atoms with E-state index < -0.39 is 0 Å². The van der Waals surface area contributed by atoms with Gasteiger partial charge >= 0.3 is 0 Å². The normalized spacial score (nSPS) is 21.5. The maximum Gasteiger partial charge on any atom is 0.191 e. The highest BCUT2D eigenvalue weighted by atomic mass is 127. The molecule has 5 nitrogen and oxygen atoms in total. The van der Waals surface area contributed by atoms with E-state index in [0.717, 1.165) is 32.3 Å². The van der Waals surface area contributed by atoms with Crippen molar-refractivity contribution in [1.29, 1.82) is 0 Å². The summed E-state index contributed by atoms with van der Waals surface area (Å²) in [5.74, 6) is 0.842. The number of morpholine rings is 1. The number of aliphatic imine (C=N–C) groups is 1. The summed E-state index contributed by atoms with van der Waals surface area (Å²) in [4.78, 5) is 6.83. The lowest BCUT2D eigenvalue weighted by molar-refractivity contribution is -0.0174. The minimum Gasteiger partial charge on any atom is -0.379 e. The highest BCUT2D eigenvalue weighted by Gasteiger charge is 2.23. The van der Waals surface area contributed by atoms with Crippen LogP contribution in [0.15, 0.2) is 35.3 Å². The van der Waals surface area contributed by atoms with Crippen LogP contribution < -0.4 is 10.6 Å². The van der Waals surface area contributed by atoms with Crippen molar-refractivity contribution in [2.75, 3.05) is 33.4 Å². The van der Waals surface area contributed by atoms with Crippen LogP contribution in [-0.4, -0.2) is 56.3 Å². The van der Waals surface area contributed by atoms with E-state index in [-0.39, 0.29) is 30.0 Å². The molecule has 0 saturated carbocycles. The van der Waals surface area contributed by atoms with Crippen LogP contribution in [0.2, 0.25) is 0 Å². The third-order valence-corrected chi connectivity index (χ3v) is 4.43. The van der Waals surface area contributed by atoms with E-state index in [1.165, 1.54) is 5.56 Å². The van der Waals surface area contributed by atoms with Crippen LogP contribution in [0.25, 0.3) is 0 Å². The fraction of sp³-hybridized carbons (Fsp3) is 0.611. The summed E-state index contributed by atoms with van der Waals surface area (Å²) < 4.78 is 5.51. The lowest BCUT2D eigenvalue weighted by Gasteiger charge is -2.38. The molecule has 0 aromatic heterocycles. The van der Waals surface area contributed by atoms with E-state index in [1.54, 1.807) is 0 Å². The average molecular weight is 446 g/mol. The Bertz CT molecular complexity index is 497. The second-order valence-corrected chi connectivity index (χ2v) is 6.24. The van der Waals surface area contributed by atoms with Crippen LogP contribution in [0.4, 0.5) is 0 Å². The number of nitrogens with one attached hydrogen (secondary N) is 2. The number of hydrogen-bond donors (Lipinski definition) is 2. The fourth-order valence-corrected chi connectivity index (χ4v) is 2.98. The summed E-state index contributed by atoms with van der Waals surface area (Å²) in [5.41, 5.74) is 1.25. The Morgan fingerprint density at radius 3 is 2.67 bits per heavy atom. The second-order valence-electron chi connectivity index (χ2n) is 6.24. The van der Waals surface area contributed by atoms with Crippen molar-refractivity contribution in [2.24, 2.45) is 4.99 Å². The van der Waals surface area contributed by atoms with Gasteiger partial charge in [0.15, 0.2) is 5.96 Å². The molecule has 136 valence electrons. The van der Waals surface area contributed by atoms with Crippen molar-refractivity contribution < 1.29 is 4.74 Å². The van der Waals surface area contributed by atoms with E-state index in [2.05, 4.69) is 65.6 Å². The van der Waals surface area contributed by atoms with E-state index in [0.29, 0.717) is 12.1 Å². The van der Waals surface area contributed by atoms with Gasteiger partial charge in [-0.25, -0.2) is 0 Å². The minimum atomic E-state index is 0. The quantitative estimate of drug-likeness (QED) is 0.415. The molecule has 3 atom stereocenters. The largest absolute Gasteiger partial charge is 0.379 e. The summed E-state index contributed by atoms with van der Waals surface area (Å²) in [6.07, 6.45) is 0. The molecule has 24 heavy (non-hydrogen) atoms. The molecule has 0 bridgehead atoms. The Balaban J connectivity index is 0.00000288. The first-order valence-corrected chi connectivity index (χ1v) is 8.47. The standard InChI is InChI=1S/C18H30N4O.HI/c1-14(22-10-11-23-13-15(22)2)12-20-18(19-4)21-16(3)17-8-6-5-7-9-17;/h5-9,14-16H,10-13H2,1-4H3,(H2,19,20,21);1H. The first-order valence-electron chi connectivity index (χ1n) is 8.47. The van der Waals surface area contributed by atoms with E-state index in [1.807, 2.05) is 13.1 Å². The predicted octanol–water partition coefficient (Wildman–Crippen LogP) is 2.64. The third-order valence-electron chi connectivity index (χ3n) is 4.43. The average Bonchev–Trinajstić information content (AvgIpc) is 2.59. The second kappa shape index (κ2) is 10.9. The number of ether oxygens (including phenoxy) is 1. The van der Waals surface area contributed by atoms with Crippen molar-refractivity contribution in [2.45, 2.75) is 38.9 Å². The Kier molecular flexibility index (Phi) is 9.61. The molecule has 1 saturated heterocycles. The molecule has 1 fully saturated rings. The van der Waals surface area contributed by atoms with Crippen LogP contribution in [-0.2, 0) is 4.74 Å². The number of halogens is 1. The molecular weight excluding hydrogens is 415 g/mol. The minimum absolute atomic E-state index is 0. The molecule has 2 rings (SSSR count). The summed E-state index contributed by atoms with van der Waals surface area (Å²) in [5, 5.41) is 6.89. The lowest BCUT2D eigenvalue weighted by atomic mass is 10.1. The Hall–Kier alpha value is -0.860. The van der Waals surface area contributed by atoms with Gasteiger partial charge in [-0.2, -0.15) is 0 Å². The first-order chi connectivity index (χ1) is 11.1. The van der Waals surface area contributed by atoms with Gasteiger partial charge in [-0.05, 0) is 26.3 Å². The zero-order valence-electron chi connectivity index (χ0n) is 15.2. The van der Waals surface area contributed by atoms with Gasteiger partial charge in [-0.3, -0.25) is 9.89 Å². The Morgan fingerprint density at radius 2 is 2.04 bits per heavy atom. The Labute approximate surface area is 163 Å². The van der Waals surface area contributed by atoms with E-state index in [9.17, 15) is 0 Å². The van der Waals surface area contributed by atoms with Gasteiger partial charge in [0, 0.05) is 32.2 Å². The fourth-order valence-electron chi connectivity index (χ4n) is 2.98. The highest BCUT2D eigenvalue weighted by molar-refractivity contribution is 14.0. The molecule has 1 aromatic carbocycles. The van der Waals surface area contributed by atoms with E-state index >= 15 is 0 Å². The van der Waals surface area contributed by atoms with E-state index in [4.69, 9.17) is 4.74 Å². The third kappa shape index (κ3) is 6.22. The van der Waals surface area contributed by atoms with Gasteiger partial charge in [-0.1, -0.05) is 30.3 Å². The van der Waals surface area contributed by atoms with Gasteiger partial charge < -0.3 is 15.4 Å². The number of benzene rings is 1. The molecule has 3 unspecified atom stereocenters. The van der Waals surface area contributed by atoms with Crippen molar-refractivity contribution in [3.63, 3.8) is 0 Å². The van der Waals surface area contributed by atoms with Crippen LogP contribution in [0.5, 0.6) is 0 Å². The molecule has 1 aliphatic heterocycles. The lowest BCUT2D eigenvalue weighted by Crippen LogP contribution is -2.53. The zero-order valence-corrected chi connectivity index (χ0v) is 17.5. The van der Waals surface area contributed by atoms with Crippen molar-refractivity contribution in [1.82, 2.24) is 15.5 Å². The summed E-state index contributed by atoms with van der Waals surface area (Å²) in [6.45, 7) is 10.1. The molecule has 2 N–H and O–H groups in total. The molecule has 0 amide bonds. The molecule has 0 radical (unpaired) electrons. The van der Waals surface area contributed by atoms with Gasteiger partial charge in [-0.15, -0.1) is 24.0 Å². The van der Waals surface area contributed by atoms with Crippen molar-refractivity contribution in [3.05, 3.63) is 35.9 Å². The van der Waals surface area contributed by atoms with Gasteiger partial charge in [0.05, 0.1) is 19.3 Å². The number of hydrogen-bond acceptors (Lipinski definition) is 3. The zero-order chi connectivity index (χ0) is 16.7. The Morgan fingerprint density at radius 1 is 1.33 bits per heavy atom. The summed E-state index contributed by atoms with van der Waals surface area (Å²) >= 11 is 0. The van der Waals surface area contributed by atoms with Crippen molar-refractivity contribution >= 4 is 29.9 Å². The molecular formula is C18H31IN4O. The summed E-state index contributed by atoms with van der Waals surface area (Å²) in [6, 6.07) is 11.6. The number of nitrogens with zero attached hydrogens (tertiary/aromatic N) is 2. The van der Waals surface area contributed by atoms with Crippen LogP contribution in [0.1, 0.15) is 32.4 Å². The topological polar surface area (TPSA) is 48.9 Å². The number of guanidine groups is 1. The number of rotatable bonds is 5. The van der Waals surface area contributed by atoms with Gasteiger partial charge in [0.25, 0.3) is 0 Å². The summed E-state index contributed by atoms with van der Waals surface area (Å²) in [7, 11) is 1.81. The van der Waals surface area contributed by atoms with Crippen molar-refractivity contribution in [3.8, 4) is 0 Å². The molecule has 1 aliphatic rings. The molecule has 6 heteroatoms. The molecule has 1 heterocycles. The van der Waals surface area contributed by atoms with Crippen LogP contribution >= 0.6 is 24.0 Å². The molecule has 0 spiro atoms. The smallest absolute Gasteiger partial charge is 0.191 e. The van der Waals surface area contributed by atoms with Gasteiger partial charge in [0.1, 0.15) is 0 Å². The monoisotopic (exact) mass is 446 g/mol. The van der Waals surface area contributed by atoms with Crippen LogP contribution in [0, 0.1) is 0 Å². The maximum absolute atomic E-state index is 5.51. The van der Waals surface area contributed by atoms with Crippen LogP contribution in [0.3, 0.4) is 0 Å². The predicted molar refractivity (Wildman–Crippen MR) is 111 cm³/mol. The first kappa shape index (κ1) is 21.2. The van der Waals surface area contributed by atoms with Gasteiger partial charge in [0.2, 0.25) is 0 Å². The highest BCUT2D eigenvalue weighted by Crippen LogP contribution is 2.12.